The molecule has 1 aromatic heterocycles. The van der Waals surface area contributed by atoms with Gasteiger partial charge in [0.1, 0.15) is 0 Å². The number of nitrogens with zero attached hydrogens (tertiary/aromatic N) is 2. The zero-order valence-electron chi connectivity index (χ0n) is 15.8. The molecule has 0 bridgehead atoms. The average Bonchev–Trinajstić information content (AvgIpc) is 3.11. The first-order chi connectivity index (χ1) is 12.5. The molecule has 1 N–H and O–H groups in total. The van der Waals surface area contributed by atoms with E-state index >= 15 is 0 Å². The van der Waals surface area contributed by atoms with E-state index in [1.54, 1.807) is 23.1 Å². The highest BCUT2D eigenvalue weighted by atomic mass is 32.2. The van der Waals surface area contributed by atoms with Crippen molar-refractivity contribution in [1.29, 1.82) is 0 Å². The highest BCUT2D eigenvalue weighted by Crippen LogP contribution is 2.31. The number of rotatable bonds is 10. The van der Waals surface area contributed by atoms with Crippen molar-refractivity contribution >= 4 is 40.8 Å². The SMILES string of the molecule is CCC(CC)NC(=O)CSc1nnc(SCc2ccc(C(C)C)cc2)s1. The zero-order valence-corrected chi connectivity index (χ0v) is 18.3. The van der Waals surface area contributed by atoms with Crippen molar-refractivity contribution in [3.8, 4) is 0 Å². The molecule has 0 aliphatic rings. The van der Waals surface area contributed by atoms with Crippen LogP contribution in [0.5, 0.6) is 0 Å². The number of hydrogen-bond acceptors (Lipinski definition) is 6. The monoisotopic (exact) mass is 409 g/mol. The molecule has 0 unspecified atom stereocenters. The third kappa shape index (κ3) is 6.93. The van der Waals surface area contributed by atoms with E-state index in [0.717, 1.165) is 27.3 Å². The minimum Gasteiger partial charge on any atom is -0.353 e. The molecule has 0 aliphatic heterocycles. The molecule has 0 fully saturated rings. The molecule has 2 rings (SSSR count). The van der Waals surface area contributed by atoms with Gasteiger partial charge in [0.2, 0.25) is 5.91 Å². The van der Waals surface area contributed by atoms with Gasteiger partial charge in [-0.3, -0.25) is 4.79 Å². The summed E-state index contributed by atoms with van der Waals surface area (Å²) in [5.41, 5.74) is 2.65. The lowest BCUT2D eigenvalue weighted by molar-refractivity contribution is -0.119. The molecule has 1 aromatic carbocycles. The second-order valence-corrected chi connectivity index (χ2v) is 9.81. The Morgan fingerprint density at radius 2 is 1.69 bits per heavy atom. The van der Waals surface area contributed by atoms with E-state index in [1.807, 2.05) is 0 Å². The molecule has 0 atom stereocenters. The molecule has 0 saturated heterocycles. The summed E-state index contributed by atoms with van der Waals surface area (Å²) in [6, 6.07) is 9.02. The van der Waals surface area contributed by atoms with Gasteiger partial charge in [-0.2, -0.15) is 0 Å². The molecular weight excluding hydrogens is 382 g/mol. The minimum absolute atomic E-state index is 0.0679. The first-order valence-corrected chi connectivity index (χ1v) is 11.8. The molecule has 1 amide bonds. The lowest BCUT2D eigenvalue weighted by atomic mass is 10.0. The van der Waals surface area contributed by atoms with Crippen LogP contribution in [-0.2, 0) is 10.5 Å². The van der Waals surface area contributed by atoms with Crippen LogP contribution in [0.25, 0.3) is 0 Å². The predicted octanol–water partition coefficient (Wildman–Crippen LogP) is 5.35. The Balaban J connectivity index is 1.77. The summed E-state index contributed by atoms with van der Waals surface area (Å²) in [5, 5.41) is 11.5. The molecule has 0 aliphatic carbocycles. The molecule has 7 heteroatoms. The van der Waals surface area contributed by atoms with E-state index in [0.29, 0.717) is 11.7 Å². The maximum absolute atomic E-state index is 12.0. The summed E-state index contributed by atoms with van der Waals surface area (Å²) in [4.78, 5) is 12.0. The Labute approximate surface area is 169 Å². The number of carbonyl (C=O) groups is 1. The quantitative estimate of drug-likeness (QED) is 0.536. The number of aromatic nitrogens is 2. The average molecular weight is 410 g/mol. The molecule has 2 aromatic rings. The standard InChI is InChI=1S/C19H27N3OS3/c1-5-16(6-2)20-17(23)12-25-19-22-21-18(26-19)24-11-14-7-9-15(10-8-14)13(3)4/h7-10,13,16H,5-6,11-12H2,1-4H3,(H,20,23). The normalized spacial score (nSPS) is 11.3. The first kappa shape index (κ1) is 21.3. The third-order valence-electron chi connectivity index (χ3n) is 4.07. The zero-order chi connectivity index (χ0) is 18.9. The van der Waals surface area contributed by atoms with E-state index in [4.69, 9.17) is 0 Å². The van der Waals surface area contributed by atoms with Crippen molar-refractivity contribution in [2.75, 3.05) is 5.75 Å². The van der Waals surface area contributed by atoms with Gasteiger partial charge in [-0.25, -0.2) is 0 Å². The fourth-order valence-corrected chi connectivity index (χ4v) is 5.13. The maximum Gasteiger partial charge on any atom is 0.230 e. The first-order valence-electron chi connectivity index (χ1n) is 8.99. The van der Waals surface area contributed by atoms with E-state index in [2.05, 4.69) is 67.5 Å². The van der Waals surface area contributed by atoms with Crippen molar-refractivity contribution in [2.24, 2.45) is 0 Å². The number of hydrogen-bond donors (Lipinski definition) is 1. The number of nitrogens with one attached hydrogen (secondary N) is 1. The lowest BCUT2D eigenvalue weighted by Crippen LogP contribution is -2.34. The van der Waals surface area contributed by atoms with E-state index in [-0.39, 0.29) is 11.9 Å². The predicted molar refractivity (Wildman–Crippen MR) is 113 cm³/mol. The summed E-state index contributed by atoms with van der Waals surface area (Å²) in [7, 11) is 0. The van der Waals surface area contributed by atoms with Crippen molar-refractivity contribution in [3.63, 3.8) is 0 Å². The minimum atomic E-state index is 0.0679. The summed E-state index contributed by atoms with van der Waals surface area (Å²) >= 11 is 4.71. The van der Waals surface area contributed by atoms with Crippen molar-refractivity contribution in [2.45, 2.75) is 66.9 Å². The molecular formula is C19H27N3OS3. The van der Waals surface area contributed by atoms with Crippen LogP contribution in [0, 0.1) is 0 Å². The van der Waals surface area contributed by atoms with Crippen LogP contribution in [0.3, 0.4) is 0 Å². The molecule has 26 heavy (non-hydrogen) atoms. The van der Waals surface area contributed by atoms with Crippen LogP contribution in [-0.4, -0.2) is 27.9 Å². The molecule has 0 radical (unpaired) electrons. The maximum atomic E-state index is 12.0. The Morgan fingerprint density at radius 1 is 1.08 bits per heavy atom. The van der Waals surface area contributed by atoms with E-state index < -0.39 is 0 Å². The number of carbonyl (C=O) groups excluding carboxylic acids is 1. The Kier molecular flexibility index (Phi) is 8.95. The van der Waals surface area contributed by atoms with Gasteiger partial charge in [-0.15, -0.1) is 10.2 Å². The fraction of sp³-hybridized carbons (Fsp3) is 0.526. The Bertz CT molecular complexity index is 682. The van der Waals surface area contributed by atoms with Gasteiger partial charge in [0.15, 0.2) is 8.68 Å². The van der Waals surface area contributed by atoms with E-state index in [9.17, 15) is 4.79 Å². The largest absolute Gasteiger partial charge is 0.353 e. The topological polar surface area (TPSA) is 54.9 Å². The summed E-state index contributed by atoms with van der Waals surface area (Å²) in [6.45, 7) is 8.59. The second-order valence-electron chi connectivity index (χ2n) is 6.39. The highest BCUT2D eigenvalue weighted by Gasteiger charge is 2.11. The van der Waals surface area contributed by atoms with Crippen LogP contribution in [0.15, 0.2) is 32.9 Å². The molecule has 0 spiro atoms. The summed E-state index contributed by atoms with van der Waals surface area (Å²) in [5.74, 6) is 1.90. The molecule has 0 saturated carbocycles. The van der Waals surface area contributed by atoms with Gasteiger partial charge >= 0.3 is 0 Å². The lowest BCUT2D eigenvalue weighted by Gasteiger charge is -2.13. The second kappa shape index (κ2) is 10.9. The van der Waals surface area contributed by atoms with Gasteiger partial charge in [-0.1, -0.05) is 86.8 Å². The van der Waals surface area contributed by atoms with Crippen LogP contribution in [0.2, 0.25) is 0 Å². The fourth-order valence-electron chi connectivity index (χ4n) is 2.35. The molecule has 4 nitrogen and oxygen atoms in total. The van der Waals surface area contributed by atoms with Crippen LogP contribution >= 0.6 is 34.9 Å². The molecule has 1 heterocycles. The smallest absolute Gasteiger partial charge is 0.230 e. The van der Waals surface area contributed by atoms with Gasteiger partial charge in [0.25, 0.3) is 0 Å². The number of thioether (sulfide) groups is 2. The number of amides is 1. The van der Waals surface area contributed by atoms with Gasteiger partial charge < -0.3 is 5.32 Å². The van der Waals surface area contributed by atoms with Crippen LogP contribution < -0.4 is 5.32 Å². The highest BCUT2D eigenvalue weighted by molar-refractivity contribution is 8.03. The van der Waals surface area contributed by atoms with E-state index in [1.165, 1.54) is 22.9 Å². The Hall–Kier alpha value is -1.05. The van der Waals surface area contributed by atoms with Crippen LogP contribution in [0.1, 0.15) is 57.6 Å². The summed E-state index contributed by atoms with van der Waals surface area (Å²) in [6.07, 6.45) is 1.93. The van der Waals surface area contributed by atoms with Crippen molar-refractivity contribution in [3.05, 3.63) is 35.4 Å². The van der Waals surface area contributed by atoms with Gasteiger partial charge in [0.05, 0.1) is 5.75 Å². The summed E-state index contributed by atoms with van der Waals surface area (Å²) < 4.78 is 1.79. The third-order valence-corrected chi connectivity index (χ3v) is 7.34. The van der Waals surface area contributed by atoms with Crippen LogP contribution in [0.4, 0.5) is 0 Å². The molecule has 142 valence electrons. The Morgan fingerprint density at radius 3 is 2.27 bits per heavy atom. The van der Waals surface area contributed by atoms with Crippen molar-refractivity contribution < 1.29 is 4.79 Å². The van der Waals surface area contributed by atoms with Crippen molar-refractivity contribution in [1.82, 2.24) is 15.5 Å². The van der Waals surface area contributed by atoms with Gasteiger partial charge in [-0.05, 0) is 29.9 Å². The number of benzene rings is 1. The van der Waals surface area contributed by atoms with Gasteiger partial charge in [0, 0.05) is 11.8 Å².